The Bertz CT molecular complexity index is 295. The number of H-pyrrole nitrogens is 1. The predicted molar refractivity (Wildman–Crippen MR) is 64.0 cm³/mol. The van der Waals surface area contributed by atoms with Crippen molar-refractivity contribution in [1.29, 1.82) is 0 Å². The van der Waals surface area contributed by atoms with Gasteiger partial charge >= 0.3 is 0 Å². The number of carbonyl (C=O) groups is 1. The van der Waals surface area contributed by atoms with Crippen molar-refractivity contribution in [3.8, 4) is 0 Å². The number of amides is 1. The highest BCUT2D eigenvalue weighted by Crippen LogP contribution is 2.05. The van der Waals surface area contributed by atoms with E-state index < -0.39 is 0 Å². The number of carbonyl (C=O) groups excluding carboxylic acids is 1. The second-order valence-electron chi connectivity index (χ2n) is 4.21. The number of imidazole rings is 1. The Hall–Kier alpha value is -1.32. The monoisotopic (exact) mass is 223 g/mol. The van der Waals surface area contributed by atoms with E-state index in [1.165, 1.54) is 0 Å². The Morgan fingerprint density at radius 3 is 3.06 bits per heavy atom. The predicted octanol–water partition coefficient (Wildman–Crippen LogP) is 1.89. The van der Waals surface area contributed by atoms with Crippen molar-refractivity contribution >= 4 is 5.91 Å². The fourth-order valence-electron chi connectivity index (χ4n) is 1.45. The molecule has 0 aromatic carbocycles. The molecule has 0 fully saturated rings. The van der Waals surface area contributed by atoms with Gasteiger partial charge in [0.2, 0.25) is 5.91 Å². The van der Waals surface area contributed by atoms with Gasteiger partial charge in [0.15, 0.2) is 0 Å². The smallest absolute Gasteiger partial charge is 0.220 e. The van der Waals surface area contributed by atoms with Gasteiger partial charge in [-0.15, -0.1) is 0 Å². The van der Waals surface area contributed by atoms with E-state index in [2.05, 4.69) is 29.1 Å². The first-order valence-electron chi connectivity index (χ1n) is 5.97. The summed E-state index contributed by atoms with van der Waals surface area (Å²) in [6.07, 6.45) is 7.07. The second-order valence-corrected chi connectivity index (χ2v) is 4.21. The molecule has 0 saturated heterocycles. The van der Waals surface area contributed by atoms with Crippen LogP contribution in [0.1, 0.15) is 38.9 Å². The summed E-state index contributed by atoms with van der Waals surface area (Å²) in [7, 11) is 0. The molecule has 0 radical (unpaired) electrons. The number of aryl methyl sites for hydroxylation is 1. The number of aromatic nitrogens is 2. The van der Waals surface area contributed by atoms with Crippen LogP contribution in [0.3, 0.4) is 0 Å². The number of hydrogen-bond acceptors (Lipinski definition) is 2. The van der Waals surface area contributed by atoms with Crippen LogP contribution in [0.15, 0.2) is 12.4 Å². The topological polar surface area (TPSA) is 57.8 Å². The molecule has 0 aliphatic carbocycles. The first-order chi connectivity index (χ1) is 7.72. The third-order valence-corrected chi connectivity index (χ3v) is 2.70. The van der Waals surface area contributed by atoms with Crippen LogP contribution in [0, 0.1) is 5.92 Å². The van der Waals surface area contributed by atoms with E-state index in [0.717, 1.165) is 31.6 Å². The molecule has 1 aromatic rings. The minimum absolute atomic E-state index is 0.161. The Morgan fingerprint density at radius 2 is 2.44 bits per heavy atom. The lowest BCUT2D eigenvalue weighted by Gasteiger charge is -2.08. The first kappa shape index (κ1) is 12.7. The van der Waals surface area contributed by atoms with Gasteiger partial charge in [-0.2, -0.15) is 0 Å². The molecule has 1 atom stereocenters. The molecule has 4 nitrogen and oxygen atoms in total. The summed E-state index contributed by atoms with van der Waals surface area (Å²) in [5.74, 6) is 1.62. The van der Waals surface area contributed by atoms with Gasteiger partial charge in [-0.3, -0.25) is 4.79 Å². The Kier molecular flexibility index (Phi) is 5.61. The van der Waals surface area contributed by atoms with E-state index in [0.29, 0.717) is 12.3 Å². The number of rotatable bonds is 7. The van der Waals surface area contributed by atoms with E-state index in [1.807, 2.05) is 6.20 Å². The molecule has 1 heterocycles. The molecular formula is C12H21N3O. The van der Waals surface area contributed by atoms with Crippen molar-refractivity contribution in [2.45, 2.75) is 39.5 Å². The lowest BCUT2D eigenvalue weighted by molar-refractivity contribution is -0.121. The molecule has 0 spiro atoms. The van der Waals surface area contributed by atoms with Crippen molar-refractivity contribution in [2.75, 3.05) is 6.54 Å². The standard InChI is InChI=1S/C12H21N3O/c1-3-10(2)9-12(16)15-6-4-5-11-13-7-8-14-11/h7-8,10H,3-6,9H2,1-2H3,(H,13,14)(H,15,16). The molecule has 16 heavy (non-hydrogen) atoms. The van der Waals surface area contributed by atoms with Crippen LogP contribution in [0.25, 0.3) is 0 Å². The average Bonchev–Trinajstić information content (AvgIpc) is 2.77. The number of aromatic amines is 1. The highest BCUT2D eigenvalue weighted by Gasteiger charge is 2.06. The van der Waals surface area contributed by atoms with E-state index in [-0.39, 0.29) is 5.91 Å². The molecule has 4 heteroatoms. The summed E-state index contributed by atoms with van der Waals surface area (Å²) in [5, 5.41) is 2.93. The van der Waals surface area contributed by atoms with E-state index >= 15 is 0 Å². The maximum atomic E-state index is 11.4. The van der Waals surface area contributed by atoms with Crippen molar-refractivity contribution in [1.82, 2.24) is 15.3 Å². The van der Waals surface area contributed by atoms with E-state index in [1.54, 1.807) is 6.20 Å². The SMILES string of the molecule is CCC(C)CC(=O)NCCCc1ncc[nH]1. The molecule has 90 valence electrons. The minimum Gasteiger partial charge on any atom is -0.356 e. The van der Waals surface area contributed by atoms with Crippen LogP contribution in [0.2, 0.25) is 0 Å². The van der Waals surface area contributed by atoms with Crippen LogP contribution in [-0.4, -0.2) is 22.4 Å². The largest absolute Gasteiger partial charge is 0.356 e. The van der Waals surface area contributed by atoms with Gasteiger partial charge < -0.3 is 10.3 Å². The molecule has 0 aliphatic rings. The molecule has 1 rings (SSSR count). The number of nitrogens with zero attached hydrogens (tertiary/aromatic N) is 1. The summed E-state index contributed by atoms with van der Waals surface area (Å²) in [6.45, 7) is 4.94. The van der Waals surface area contributed by atoms with Crippen molar-refractivity contribution in [2.24, 2.45) is 5.92 Å². The first-order valence-corrected chi connectivity index (χ1v) is 5.97. The summed E-state index contributed by atoms with van der Waals surface area (Å²) in [5.41, 5.74) is 0. The van der Waals surface area contributed by atoms with Crippen LogP contribution in [0.5, 0.6) is 0 Å². The van der Waals surface area contributed by atoms with Gasteiger partial charge in [-0.05, 0) is 12.3 Å². The maximum Gasteiger partial charge on any atom is 0.220 e. The quantitative estimate of drug-likeness (QED) is 0.694. The van der Waals surface area contributed by atoms with Gasteiger partial charge in [-0.25, -0.2) is 4.98 Å². The second kappa shape index (κ2) is 7.04. The zero-order valence-electron chi connectivity index (χ0n) is 10.1. The highest BCUT2D eigenvalue weighted by atomic mass is 16.1. The third kappa shape index (κ3) is 4.96. The lowest BCUT2D eigenvalue weighted by Crippen LogP contribution is -2.26. The van der Waals surface area contributed by atoms with Gasteiger partial charge in [0.1, 0.15) is 5.82 Å². The summed E-state index contributed by atoms with van der Waals surface area (Å²) in [6, 6.07) is 0. The molecule has 1 amide bonds. The van der Waals surface area contributed by atoms with Crippen LogP contribution in [0.4, 0.5) is 0 Å². The van der Waals surface area contributed by atoms with Crippen LogP contribution < -0.4 is 5.32 Å². The van der Waals surface area contributed by atoms with Crippen molar-refractivity contribution in [3.63, 3.8) is 0 Å². The Morgan fingerprint density at radius 1 is 1.62 bits per heavy atom. The average molecular weight is 223 g/mol. The van der Waals surface area contributed by atoms with Gasteiger partial charge in [-0.1, -0.05) is 20.3 Å². The lowest BCUT2D eigenvalue weighted by atomic mass is 10.1. The van der Waals surface area contributed by atoms with E-state index in [9.17, 15) is 4.79 Å². The van der Waals surface area contributed by atoms with Gasteiger partial charge in [0, 0.05) is 31.8 Å². The van der Waals surface area contributed by atoms with E-state index in [4.69, 9.17) is 0 Å². The summed E-state index contributed by atoms with van der Waals surface area (Å²) < 4.78 is 0. The number of nitrogens with one attached hydrogen (secondary N) is 2. The molecule has 1 unspecified atom stereocenters. The highest BCUT2D eigenvalue weighted by molar-refractivity contribution is 5.76. The van der Waals surface area contributed by atoms with Gasteiger partial charge in [0.05, 0.1) is 0 Å². The normalized spacial score (nSPS) is 12.4. The zero-order valence-corrected chi connectivity index (χ0v) is 10.1. The maximum absolute atomic E-state index is 11.4. The Labute approximate surface area is 96.9 Å². The minimum atomic E-state index is 0.161. The van der Waals surface area contributed by atoms with Crippen molar-refractivity contribution < 1.29 is 4.79 Å². The molecule has 2 N–H and O–H groups in total. The van der Waals surface area contributed by atoms with Crippen LogP contribution in [-0.2, 0) is 11.2 Å². The van der Waals surface area contributed by atoms with Gasteiger partial charge in [0.25, 0.3) is 0 Å². The third-order valence-electron chi connectivity index (χ3n) is 2.70. The van der Waals surface area contributed by atoms with Crippen LogP contribution >= 0.6 is 0 Å². The molecule has 0 saturated carbocycles. The van der Waals surface area contributed by atoms with Crippen molar-refractivity contribution in [3.05, 3.63) is 18.2 Å². The number of hydrogen-bond donors (Lipinski definition) is 2. The molecule has 1 aromatic heterocycles. The summed E-state index contributed by atoms with van der Waals surface area (Å²) in [4.78, 5) is 18.6. The zero-order chi connectivity index (χ0) is 11.8. The summed E-state index contributed by atoms with van der Waals surface area (Å²) >= 11 is 0. The molecular weight excluding hydrogens is 202 g/mol. The molecule has 0 bridgehead atoms. The fraction of sp³-hybridized carbons (Fsp3) is 0.667. The molecule has 0 aliphatic heterocycles. The fourth-order valence-corrected chi connectivity index (χ4v) is 1.45. The Balaban J connectivity index is 2.04.